The van der Waals surface area contributed by atoms with E-state index in [-0.39, 0.29) is 5.82 Å². The molecule has 0 saturated heterocycles. The van der Waals surface area contributed by atoms with Crippen molar-refractivity contribution in [1.82, 2.24) is 15.2 Å². The molecule has 0 aliphatic heterocycles. The standard InChI is InChI=1S/C15H10FN3/c16-13-5-6-15-14(8-13)12(10-18-19-15)4-3-11-2-1-7-17-9-11/h1-10H/b4-3-. The van der Waals surface area contributed by atoms with Crippen LogP contribution >= 0.6 is 0 Å². The van der Waals surface area contributed by atoms with E-state index < -0.39 is 0 Å². The molecule has 1 aromatic carbocycles. The number of halogens is 1. The van der Waals surface area contributed by atoms with Crippen LogP contribution in [0, 0.1) is 5.82 Å². The van der Waals surface area contributed by atoms with Gasteiger partial charge in [-0.15, -0.1) is 0 Å². The van der Waals surface area contributed by atoms with Gasteiger partial charge in [-0.1, -0.05) is 18.2 Å². The third kappa shape index (κ3) is 2.47. The van der Waals surface area contributed by atoms with Gasteiger partial charge in [0, 0.05) is 23.3 Å². The second-order valence-corrected chi connectivity index (χ2v) is 4.08. The Kier molecular flexibility index (Phi) is 2.98. The predicted octanol–water partition coefficient (Wildman–Crippen LogP) is 3.33. The van der Waals surface area contributed by atoms with Crippen molar-refractivity contribution >= 4 is 23.1 Å². The van der Waals surface area contributed by atoms with Crippen molar-refractivity contribution in [1.29, 1.82) is 0 Å². The van der Waals surface area contributed by atoms with Crippen molar-refractivity contribution in [2.24, 2.45) is 0 Å². The summed E-state index contributed by atoms with van der Waals surface area (Å²) >= 11 is 0. The number of pyridine rings is 1. The van der Waals surface area contributed by atoms with Crippen molar-refractivity contribution in [2.45, 2.75) is 0 Å². The van der Waals surface area contributed by atoms with E-state index in [1.807, 2.05) is 24.3 Å². The lowest BCUT2D eigenvalue weighted by Crippen LogP contribution is -1.88. The molecule has 0 fully saturated rings. The molecule has 3 nitrogen and oxygen atoms in total. The first-order chi connectivity index (χ1) is 9.33. The van der Waals surface area contributed by atoms with E-state index >= 15 is 0 Å². The van der Waals surface area contributed by atoms with E-state index in [4.69, 9.17) is 0 Å². The molecule has 3 rings (SSSR count). The van der Waals surface area contributed by atoms with Crippen LogP contribution in [0.1, 0.15) is 11.1 Å². The molecule has 0 spiro atoms. The highest BCUT2D eigenvalue weighted by molar-refractivity contribution is 5.89. The summed E-state index contributed by atoms with van der Waals surface area (Å²) in [6.45, 7) is 0. The summed E-state index contributed by atoms with van der Waals surface area (Å²) in [5.74, 6) is -0.281. The lowest BCUT2D eigenvalue weighted by atomic mass is 10.1. The van der Waals surface area contributed by atoms with Gasteiger partial charge in [-0.2, -0.15) is 10.2 Å². The predicted molar refractivity (Wildman–Crippen MR) is 72.7 cm³/mol. The molecule has 0 atom stereocenters. The van der Waals surface area contributed by atoms with Crippen LogP contribution in [0.4, 0.5) is 4.39 Å². The zero-order chi connectivity index (χ0) is 13.1. The quantitative estimate of drug-likeness (QED) is 0.701. The van der Waals surface area contributed by atoms with Gasteiger partial charge in [0.25, 0.3) is 0 Å². The van der Waals surface area contributed by atoms with Gasteiger partial charge in [-0.05, 0) is 29.8 Å². The maximum absolute atomic E-state index is 13.3. The van der Waals surface area contributed by atoms with Crippen molar-refractivity contribution in [3.63, 3.8) is 0 Å². The third-order valence-electron chi connectivity index (χ3n) is 2.77. The van der Waals surface area contributed by atoms with Gasteiger partial charge < -0.3 is 0 Å². The number of nitrogens with zero attached hydrogens (tertiary/aromatic N) is 3. The van der Waals surface area contributed by atoms with Crippen molar-refractivity contribution in [3.05, 3.63) is 65.9 Å². The molecule has 2 heterocycles. The van der Waals surface area contributed by atoms with Crippen LogP contribution in [-0.2, 0) is 0 Å². The zero-order valence-corrected chi connectivity index (χ0v) is 9.99. The zero-order valence-electron chi connectivity index (χ0n) is 9.99. The molecule has 0 aliphatic carbocycles. The minimum atomic E-state index is -0.281. The Morgan fingerprint density at radius 3 is 2.84 bits per heavy atom. The van der Waals surface area contributed by atoms with Crippen LogP contribution in [0.15, 0.2) is 48.9 Å². The SMILES string of the molecule is Fc1ccc2nncc(/C=C\c3cccnc3)c2c1. The van der Waals surface area contributed by atoms with Gasteiger partial charge in [0.2, 0.25) is 0 Å². The first-order valence-electron chi connectivity index (χ1n) is 5.82. The monoisotopic (exact) mass is 251 g/mol. The average molecular weight is 251 g/mol. The fraction of sp³-hybridized carbons (Fsp3) is 0. The molecule has 0 N–H and O–H groups in total. The Balaban J connectivity index is 2.06. The van der Waals surface area contributed by atoms with E-state index in [9.17, 15) is 4.39 Å². The first-order valence-corrected chi connectivity index (χ1v) is 5.82. The Labute approximate surface area is 109 Å². The Morgan fingerprint density at radius 2 is 2.00 bits per heavy atom. The average Bonchev–Trinajstić information content (AvgIpc) is 2.46. The number of benzene rings is 1. The fourth-order valence-electron chi connectivity index (χ4n) is 1.84. The molecule has 19 heavy (non-hydrogen) atoms. The molecule has 92 valence electrons. The van der Waals surface area contributed by atoms with Crippen LogP contribution in [0.2, 0.25) is 0 Å². The molecule has 4 heteroatoms. The molecular weight excluding hydrogens is 241 g/mol. The van der Waals surface area contributed by atoms with Gasteiger partial charge >= 0.3 is 0 Å². The molecule has 0 bridgehead atoms. The highest BCUT2D eigenvalue weighted by Crippen LogP contribution is 2.19. The summed E-state index contributed by atoms with van der Waals surface area (Å²) < 4.78 is 13.3. The largest absolute Gasteiger partial charge is 0.264 e. The summed E-state index contributed by atoms with van der Waals surface area (Å²) in [7, 11) is 0. The lowest BCUT2D eigenvalue weighted by Gasteiger charge is -2.00. The van der Waals surface area contributed by atoms with Crippen molar-refractivity contribution in [3.8, 4) is 0 Å². The topological polar surface area (TPSA) is 38.7 Å². The van der Waals surface area contributed by atoms with Crippen molar-refractivity contribution < 1.29 is 4.39 Å². The maximum atomic E-state index is 13.3. The van der Waals surface area contributed by atoms with E-state index in [0.29, 0.717) is 5.52 Å². The van der Waals surface area contributed by atoms with Gasteiger partial charge in [0.05, 0.1) is 11.7 Å². The summed E-state index contributed by atoms with van der Waals surface area (Å²) in [6, 6.07) is 8.28. The van der Waals surface area contributed by atoms with Crippen molar-refractivity contribution in [2.75, 3.05) is 0 Å². The number of hydrogen-bond acceptors (Lipinski definition) is 3. The summed E-state index contributed by atoms with van der Waals surface area (Å²) in [5.41, 5.74) is 2.48. The van der Waals surface area contributed by atoms with E-state index in [0.717, 1.165) is 16.5 Å². The Bertz CT molecular complexity index is 739. The molecule has 0 radical (unpaired) electrons. The maximum Gasteiger partial charge on any atom is 0.123 e. The molecule has 3 aromatic rings. The smallest absolute Gasteiger partial charge is 0.123 e. The van der Waals surface area contributed by atoms with Crippen LogP contribution in [0.5, 0.6) is 0 Å². The molecular formula is C15H10FN3. The first kappa shape index (κ1) is 11.5. The van der Waals surface area contributed by atoms with Crippen LogP contribution in [-0.4, -0.2) is 15.2 Å². The number of hydrogen-bond donors (Lipinski definition) is 0. The number of aromatic nitrogens is 3. The van der Waals surface area contributed by atoms with Gasteiger partial charge in [-0.25, -0.2) is 4.39 Å². The van der Waals surface area contributed by atoms with Gasteiger partial charge in [0.1, 0.15) is 5.82 Å². The highest BCUT2D eigenvalue weighted by atomic mass is 19.1. The molecule has 0 saturated carbocycles. The summed E-state index contributed by atoms with van der Waals surface area (Å²) in [4.78, 5) is 4.03. The minimum absolute atomic E-state index is 0.281. The summed E-state index contributed by atoms with van der Waals surface area (Å²) in [6.07, 6.45) is 8.89. The number of fused-ring (bicyclic) bond motifs is 1. The second kappa shape index (κ2) is 4.94. The minimum Gasteiger partial charge on any atom is -0.264 e. The van der Waals surface area contributed by atoms with Gasteiger partial charge in [0.15, 0.2) is 0 Å². The van der Waals surface area contributed by atoms with E-state index in [2.05, 4.69) is 15.2 Å². The fourth-order valence-corrected chi connectivity index (χ4v) is 1.84. The highest BCUT2D eigenvalue weighted by Gasteiger charge is 2.01. The molecule has 0 amide bonds. The number of rotatable bonds is 2. The summed E-state index contributed by atoms with van der Waals surface area (Å²) in [5, 5.41) is 8.64. The van der Waals surface area contributed by atoms with Crippen LogP contribution in [0.25, 0.3) is 23.1 Å². The molecule has 2 aromatic heterocycles. The molecule has 0 aliphatic rings. The Hall–Kier alpha value is -2.62. The van der Waals surface area contributed by atoms with Gasteiger partial charge in [-0.3, -0.25) is 4.98 Å². The van der Waals surface area contributed by atoms with E-state index in [1.165, 1.54) is 12.1 Å². The van der Waals surface area contributed by atoms with Crippen LogP contribution in [0.3, 0.4) is 0 Å². The van der Waals surface area contributed by atoms with E-state index in [1.54, 1.807) is 24.7 Å². The van der Waals surface area contributed by atoms with Crippen LogP contribution < -0.4 is 0 Å². The Morgan fingerprint density at radius 1 is 1.05 bits per heavy atom. The normalized spacial score (nSPS) is 11.2. The lowest BCUT2D eigenvalue weighted by molar-refractivity contribution is 0.629. The third-order valence-corrected chi connectivity index (χ3v) is 2.77. The molecule has 0 unspecified atom stereocenters. The second-order valence-electron chi connectivity index (χ2n) is 4.08.